The van der Waals surface area contributed by atoms with E-state index in [-0.39, 0.29) is 12.5 Å². The van der Waals surface area contributed by atoms with Crippen molar-refractivity contribution < 1.29 is 9.90 Å². The highest BCUT2D eigenvalue weighted by Gasteiger charge is 2.11. The van der Waals surface area contributed by atoms with Gasteiger partial charge in [-0.25, -0.2) is 0 Å². The lowest BCUT2D eigenvalue weighted by Crippen LogP contribution is -2.29. The van der Waals surface area contributed by atoms with Crippen molar-refractivity contribution in [2.24, 2.45) is 0 Å². The van der Waals surface area contributed by atoms with E-state index in [1.165, 1.54) is 11.3 Å². The summed E-state index contributed by atoms with van der Waals surface area (Å²) >= 11 is 4.94. The number of aliphatic hydroxyl groups is 1. The van der Waals surface area contributed by atoms with Gasteiger partial charge in [0.25, 0.3) is 0 Å². The number of aliphatic hydroxyl groups excluding tert-OH is 1. The molecule has 0 spiro atoms. The Morgan fingerprint density at radius 1 is 1.37 bits per heavy atom. The van der Waals surface area contributed by atoms with Crippen LogP contribution in [-0.2, 0) is 11.2 Å². The van der Waals surface area contributed by atoms with E-state index in [2.05, 4.69) is 21.2 Å². The van der Waals surface area contributed by atoms with E-state index >= 15 is 0 Å². The van der Waals surface area contributed by atoms with Gasteiger partial charge in [0.05, 0.1) is 12.5 Å². The molecule has 0 fully saturated rings. The summed E-state index contributed by atoms with van der Waals surface area (Å²) in [6.45, 7) is 0.236. The fourth-order valence-electron chi connectivity index (χ4n) is 1.67. The summed E-state index contributed by atoms with van der Waals surface area (Å²) in [5.74, 6) is -0.0961. The maximum Gasteiger partial charge on any atom is 0.224 e. The molecule has 2 N–H and O–H groups in total. The highest BCUT2D eigenvalue weighted by molar-refractivity contribution is 9.10. The van der Waals surface area contributed by atoms with E-state index < -0.39 is 6.10 Å². The molecule has 0 saturated heterocycles. The zero-order valence-electron chi connectivity index (χ0n) is 10.2. The lowest BCUT2D eigenvalue weighted by atomic mass is 10.1. The van der Waals surface area contributed by atoms with Crippen LogP contribution in [0, 0.1) is 0 Å². The molecule has 3 nitrogen and oxygen atoms in total. The standard InChI is InChI=1S/C14H14BrNO2S/c15-12-4-2-1-3-10(12)7-14(18)16-8-13(17)11-5-6-19-9-11/h1-6,9,13,17H,7-8H2,(H,16,18). The molecular weight excluding hydrogens is 326 g/mol. The van der Waals surface area contributed by atoms with Crippen molar-refractivity contribution in [1.29, 1.82) is 0 Å². The molecule has 0 aliphatic heterocycles. The van der Waals surface area contributed by atoms with Gasteiger partial charge in [-0.05, 0) is 34.0 Å². The van der Waals surface area contributed by atoms with Crippen molar-refractivity contribution in [2.75, 3.05) is 6.54 Å². The number of halogens is 1. The zero-order valence-corrected chi connectivity index (χ0v) is 12.6. The van der Waals surface area contributed by atoms with Crippen LogP contribution in [0.3, 0.4) is 0 Å². The van der Waals surface area contributed by atoms with Crippen molar-refractivity contribution in [3.63, 3.8) is 0 Å². The van der Waals surface area contributed by atoms with Crippen LogP contribution >= 0.6 is 27.3 Å². The van der Waals surface area contributed by atoms with E-state index in [0.29, 0.717) is 6.42 Å². The Labute approximate surface area is 124 Å². The summed E-state index contributed by atoms with van der Waals surface area (Å²) in [6.07, 6.45) is -0.341. The highest BCUT2D eigenvalue weighted by atomic mass is 79.9. The molecule has 1 heterocycles. The minimum Gasteiger partial charge on any atom is -0.387 e. The molecule has 0 aliphatic rings. The lowest BCUT2D eigenvalue weighted by Gasteiger charge is -2.11. The molecule has 1 atom stereocenters. The normalized spacial score (nSPS) is 12.1. The van der Waals surface area contributed by atoms with Crippen molar-refractivity contribution in [2.45, 2.75) is 12.5 Å². The number of benzene rings is 1. The Hall–Kier alpha value is -1.17. The number of carbonyl (C=O) groups excluding carboxylic acids is 1. The Kier molecular flexibility index (Phi) is 5.13. The first-order valence-electron chi connectivity index (χ1n) is 5.87. The van der Waals surface area contributed by atoms with Crippen molar-refractivity contribution in [3.05, 3.63) is 56.7 Å². The van der Waals surface area contributed by atoms with E-state index in [9.17, 15) is 9.90 Å². The van der Waals surface area contributed by atoms with Crippen molar-refractivity contribution in [1.82, 2.24) is 5.32 Å². The maximum atomic E-state index is 11.8. The van der Waals surface area contributed by atoms with E-state index in [1.807, 2.05) is 41.1 Å². The Balaban J connectivity index is 1.84. The molecule has 1 amide bonds. The van der Waals surface area contributed by atoms with Gasteiger partial charge in [0.1, 0.15) is 0 Å². The topological polar surface area (TPSA) is 49.3 Å². The minimum absolute atomic E-state index is 0.0961. The number of hydrogen-bond acceptors (Lipinski definition) is 3. The third-order valence-electron chi connectivity index (χ3n) is 2.73. The summed E-state index contributed by atoms with van der Waals surface area (Å²) in [6, 6.07) is 9.47. The van der Waals surface area contributed by atoms with Crippen LogP contribution in [0.2, 0.25) is 0 Å². The molecule has 100 valence electrons. The third kappa shape index (κ3) is 4.16. The van der Waals surface area contributed by atoms with Gasteiger partial charge < -0.3 is 10.4 Å². The number of hydrogen-bond donors (Lipinski definition) is 2. The van der Waals surface area contributed by atoms with Gasteiger partial charge in [0.2, 0.25) is 5.91 Å². The highest BCUT2D eigenvalue weighted by Crippen LogP contribution is 2.17. The predicted octanol–water partition coefficient (Wildman–Crippen LogP) is 2.90. The first kappa shape index (κ1) is 14.2. The van der Waals surface area contributed by atoms with Gasteiger partial charge in [0.15, 0.2) is 0 Å². The molecule has 19 heavy (non-hydrogen) atoms. The predicted molar refractivity (Wildman–Crippen MR) is 80.1 cm³/mol. The maximum absolute atomic E-state index is 11.8. The Morgan fingerprint density at radius 2 is 2.16 bits per heavy atom. The summed E-state index contributed by atoms with van der Waals surface area (Å²) in [5, 5.41) is 16.4. The van der Waals surface area contributed by atoms with Gasteiger partial charge in [0, 0.05) is 11.0 Å². The van der Waals surface area contributed by atoms with Crippen molar-refractivity contribution >= 4 is 33.2 Å². The lowest BCUT2D eigenvalue weighted by molar-refractivity contribution is -0.120. The zero-order chi connectivity index (χ0) is 13.7. The van der Waals surface area contributed by atoms with Crippen LogP contribution in [0.15, 0.2) is 45.6 Å². The number of nitrogens with one attached hydrogen (secondary N) is 1. The van der Waals surface area contributed by atoms with Gasteiger partial charge in [-0.1, -0.05) is 34.1 Å². The average Bonchev–Trinajstić information content (AvgIpc) is 2.93. The average molecular weight is 340 g/mol. The van der Waals surface area contributed by atoms with Gasteiger partial charge in [-0.15, -0.1) is 0 Å². The minimum atomic E-state index is -0.644. The molecule has 2 aromatic rings. The summed E-state index contributed by atoms with van der Waals surface area (Å²) in [7, 11) is 0. The summed E-state index contributed by atoms with van der Waals surface area (Å²) in [5.41, 5.74) is 1.77. The number of amides is 1. The van der Waals surface area contributed by atoms with E-state index in [4.69, 9.17) is 0 Å². The van der Waals surface area contributed by atoms with Gasteiger partial charge >= 0.3 is 0 Å². The molecule has 1 unspecified atom stereocenters. The monoisotopic (exact) mass is 339 g/mol. The number of thiophene rings is 1. The molecule has 5 heteroatoms. The summed E-state index contributed by atoms with van der Waals surface area (Å²) < 4.78 is 0.920. The molecule has 1 aromatic carbocycles. The fraction of sp³-hybridized carbons (Fsp3) is 0.214. The second-order valence-electron chi connectivity index (χ2n) is 4.14. The molecule has 0 aliphatic carbocycles. The summed E-state index contributed by atoms with van der Waals surface area (Å²) in [4.78, 5) is 11.8. The van der Waals surface area contributed by atoms with Gasteiger partial charge in [-0.2, -0.15) is 11.3 Å². The second-order valence-corrected chi connectivity index (χ2v) is 5.78. The first-order valence-corrected chi connectivity index (χ1v) is 7.60. The molecule has 0 bridgehead atoms. The van der Waals surface area contributed by atoms with Crippen LogP contribution in [0.1, 0.15) is 17.2 Å². The fourth-order valence-corrected chi connectivity index (χ4v) is 2.80. The van der Waals surface area contributed by atoms with Crippen LogP contribution in [-0.4, -0.2) is 17.6 Å². The SMILES string of the molecule is O=C(Cc1ccccc1Br)NCC(O)c1ccsc1. The first-order chi connectivity index (χ1) is 9.16. The molecule has 2 rings (SSSR count). The Morgan fingerprint density at radius 3 is 2.84 bits per heavy atom. The molecular formula is C14H14BrNO2S. The van der Waals surface area contributed by atoms with Crippen LogP contribution in [0.25, 0.3) is 0 Å². The quantitative estimate of drug-likeness (QED) is 0.879. The van der Waals surface area contributed by atoms with Crippen molar-refractivity contribution in [3.8, 4) is 0 Å². The third-order valence-corrected chi connectivity index (χ3v) is 4.20. The van der Waals surface area contributed by atoms with Crippen LogP contribution in [0.4, 0.5) is 0 Å². The molecule has 0 saturated carbocycles. The second kappa shape index (κ2) is 6.84. The molecule has 1 aromatic heterocycles. The van der Waals surface area contributed by atoms with Gasteiger partial charge in [-0.3, -0.25) is 4.79 Å². The van der Waals surface area contributed by atoms with E-state index in [1.54, 1.807) is 0 Å². The van der Waals surface area contributed by atoms with E-state index in [0.717, 1.165) is 15.6 Å². The molecule has 0 radical (unpaired) electrons. The smallest absolute Gasteiger partial charge is 0.224 e. The Bertz CT molecular complexity index is 542. The number of carbonyl (C=O) groups is 1. The van der Waals surface area contributed by atoms with Crippen LogP contribution in [0.5, 0.6) is 0 Å². The van der Waals surface area contributed by atoms with Crippen LogP contribution < -0.4 is 5.32 Å². The largest absolute Gasteiger partial charge is 0.387 e. The number of rotatable bonds is 5.